The van der Waals surface area contributed by atoms with Crippen molar-refractivity contribution in [1.82, 2.24) is 0 Å². The van der Waals surface area contributed by atoms with Crippen molar-refractivity contribution in [3.8, 4) is 11.3 Å². The second-order valence-corrected chi connectivity index (χ2v) is 4.27. The third-order valence-electron chi connectivity index (χ3n) is 2.98. The Kier molecular flexibility index (Phi) is 2.75. The van der Waals surface area contributed by atoms with E-state index in [9.17, 15) is 13.6 Å². The van der Waals surface area contributed by atoms with E-state index in [0.717, 1.165) is 6.07 Å². The maximum Gasteiger partial charge on any atom is 0.335 e. The van der Waals surface area contributed by atoms with Gasteiger partial charge in [-0.2, -0.15) is 0 Å². The van der Waals surface area contributed by atoms with Crippen LogP contribution in [0.1, 0.15) is 10.4 Å². The molecular formula is C15H8F2O3. The molecule has 20 heavy (non-hydrogen) atoms. The van der Waals surface area contributed by atoms with Gasteiger partial charge in [0, 0.05) is 5.39 Å². The van der Waals surface area contributed by atoms with Crippen LogP contribution in [0.5, 0.6) is 0 Å². The number of para-hydroxylation sites is 1. The van der Waals surface area contributed by atoms with Gasteiger partial charge in [-0.15, -0.1) is 0 Å². The van der Waals surface area contributed by atoms with Gasteiger partial charge in [0.25, 0.3) is 0 Å². The first kappa shape index (κ1) is 12.3. The lowest BCUT2D eigenvalue weighted by atomic mass is 10.1. The summed E-state index contributed by atoms with van der Waals surface area (Å²) in [5.74, 6) is -2.33. The fourth-order valence-corrected chi connectivity index (χ4v) is 2.01. The number of rotatable bonds is 2. The van der Waals surface area contributed by atoms with E-state index in [1.165, 1.54) is 30.3 Å². The average Bonchev–Trinajstić information content (AvgIpc) is 2.83. The molecule has 5 heteroatoms. The molecule has 1 N–H and O–H groups in total. The summed E-state index contributed by atoms with van der Waals surface area (Å²) < 4.78 is 32.7. The monoisotopic (exact) mass is 274 g/mol. The number of carboxylic acid groups (broad SMARTS) is 1. The Morgan fingerprint density at radius 1 is 1.05 bits per heavy atom. The number of benzene rings is 2. The third-order valence-corrected chi connectivity index (χ3v) is 2.98. The van der Waals surface area contributed by atoms with Crippen LogP contribution < -0.4 is 0 Å². The van der Waals surface area contributed by atoms with Gasteiger partial charge in [0.1, 0.15) is 11.6 Å². The van der Waals surface area contributed by atoms with Gasteiger partial charge in [-0.25, -0.2) is 13.6 Å². The first-order valence-electron chi connectivity index (χ1n) is 5.77. The van der Waals surface area contributed by atoms with Crippen LogP contribution in [0.4, 0.5) is 8.78 Å². The molecule has 0 unspecified atom stereocenters. The molecule has 1 aromatic heterocycles. The normalized spacial score (nSPS) is 10.9. The Hall–Kier alpha value is -2.69. The predicted octanol–water partition coefficient (Wildman–Crippen LogP) is 4.08. The minimum Gasteiger partial charge on any atom is -0.478 e. The summed E-state index contributed by atoms with van der Waals surface area (Å²) >= 11 is 0. The lowest BCUT2D eigenvalue weighted by Gasteiger charge is -2.00. The van der Waals surface area contributed by atoms with Crippen LogP contribution in [0, 0.1) is 11.6 Å². The van der Waals surface area contributed by atoms with E-state index in [1.54, 1.807) is 6.07 Å². The van der Waals surface area contributed by atoms with Gasteiger partial charge in [-0.3, -0.25) is 0 Å². The lowest BCUT2D eigenvalue weighted by Crippen LogP contribution is -1.97. The first-order valence-corrected chi connectivity index (χ1v) is 5.77. The number of halogens is 2. The number of aromatic carboxylic acids is 1. The van der Waals surface area contributed by atoms with Gasteiger partial charge in [-0.05, 0) is 30.3 Å². The van der Waals surface area contributed by atoms with E-state index < -0.39 is 17.6 Å². The fourth-order valence-electron chi connectivity index (χ4n) is 2.01. The summed E-state index contributed by atoms with van der Waals surface area (Å²) in [7, 11) is 0. The highest BCUT2D eigenvalue weighted by atomic mass is 19.1. The first-order chi connectivity index (χ1) is 9.56. The second-order valence-electron chi connectivity index (χ2n) is 4.27. The van der Waals surface area contributed by atoms with Gasteiger partial charge in [0.2, 0.25) is 0 Å². The van der Waals surface area contributed by atoms with Crippen molar-refractivity contribution in [2.75, 3.05) is 0 Å². The molecule has 1 heterocycles. The predicted molar refractivity (Wildman–Crippen MR) is 68.5 cm³/mol. The minimum atomic E-state index is -1.22. The second kappa shape index (κ2) is 4.45. The standard InChI is InChI=1S/C15H8F2O3/c16-11-3-1-2-8-7-13(20-14(8)11)10-5-4-9(15(18)19)6-12(10)17/h1-7H,(H,18,19). The summed E-state index contributed by atoms with van der Waals surface area (Å²) in [6, 6.07) is 9.41. The number of hydrogen-bond donors (Lipinski definition) is 1. The Balaban J connectivity index is 2.16. The quantitative estimate of drug-likeness (QED) is 0.766. The summed E-state index contributed by atoms with van der Waals surface area (Å²) in [6.45, 7) is 0. The fraction of sp³-hybridized carbons (Fsp3) is 0. The zero-order valence-corrected chi connectivity index (χ0v) is 10.1. The van der Waals surface area contributed by atoms with Crippen molar-refractivity contribution < 1.29 is 23.1 Å². The molecule has 0 atom stereocenters. The summed E-state index contributed by atoms with van der Waals surface area (Å²) in [5.41, 5.74) is -0.0247. The lowest BCUT2D eigenvalue weighted by molar-refractivity contribution is 0.0696. The Labute approximate surface area is 112 Å². The van der Waals surface area contributed by atoms with Gasteiger partial charge in [0.15, 0.2) is 11.4 Å². The smallest absolute Gasteiger partial charge is 0.335 e. The number of carbonyl (C=O) groups is 1. The van der Waals surface area contributed by atoms with Crippen LogP contribution in [-0.4, -0.2) is 11.1 Å². The SMILES string of the molecule is O=C(O)c1ccc(-c2cc3cccc(F)c3o2)c(F)c1. The molecule has 3 nitrogen and oxygen atoms in total. The van der Waals surface area contributed by atoms with E-state index in [0.29, 0.717) is 5.39 Å². The summed E-state index contributed by atoms with van der Waals surface area (Å²) in [6.07, 6.45) is 0. The largest absolute Gasteiger partial charge is 0.478 e. The molecule has 0 saturated heterocycles. The summed E-state index contributed by atoms with van der Waals surface area (Å²) in [4.78, 5) is 10.7. The average molecular weight is 274 g/mol. The van der Waals surface area contributed by atoms with Crippen molar-refractivity contribution in [2.45, 2.75) is 0 Å². The molecule has 3 aromatic rings. The van der Waals surface area contributed by atoms with E-state index in [4.69, 9.17) is 9.52 Å². The Morgan fingerprint density at radius 3 is 2.50 bits per heavy atom. The Bertz CT molecular complexity index is 821. The maximum absolute atomic E-state index is 13.9. The van der Waals surface area contributed by atoms with Gasteiger partial charge >= 0.3 is 5.97 Å². The van der Waals surface area contributed by atoms with Crippen LogP contribution in [0.2, 0.25) is 0 Å². The van der Waals surface area contributed by atoms with E-state index in [-0.39, 0.29) is 22.5 Å². The van der Waals surface area contributed by atoms with Crippen LogP contribution in [0.25, 0.3) is 22.3 Å². The summed E-state index contributed by atoms with van der Waals surface area (Å²) in [5, 5.41) is 9.30. The molecule has 0 aliphatic rings. The topological polar surface area (TPSA) is 50.4 Å². The van der Waals surface area contributed by atoms with Crippen molar-refractivity contribution in [3.05, 3.63) is 59.7 Å². The van der Waals surface area contributed by atoms with E-state index in [1.807, 2.05) is 0 Å². The molecule has 3 rings (SSSR count). The number of hydrogen-bond acceptors (Lipinski definition) is 2. The Morgan fingerprint density at radius 2 is 1.85 bits per heavy atom. The van der Waals surface area contributed by atoms with Gasteiger partial charge in [-0.1, -0.05) is 12.1 Å². The molecule has 0 spiro atoms. The molecule has 100 valence electrons. The molecule has 2 aromatic carbocycles. The molecule has 0 amide bonds. The van der Waals surface area contributed by atoms with Crippen molar-refractivity contribution in [1.29, 1.82) is 0 Å². The van der Waals surface area contributed by atoms with Gasteiger partial charge in [0.05, 0.1) is 11.1 Å². The van der Waals surface area contributed by atoms with Crippen LogP contribution in [0.15, 0.2) is 46.9 Å². The van der Waals surface area contributed by atoms with Crippen molar-refractivity contribution in [3.63, 3.8) is 0 Å². The molecular weight excluding hydrogens is 266 g/mol. The highest BCUT2D eigenvalue weighted by Crippen LogP contribution is 2.31. The van der Waals surface area contributed by atoms with Gasteiger partial charge < -0.3 is 9.52 Å². The molecule has 0 saturated carbocycles. The van der Waals surface area contributed by atoms with Crippen LogP contribution >= 0.6 is 0 Å². The highest BCUT2D eigenvalue weighted by Gasteiger charge is 2.15. The zero-order chi connectivity index (χ0) is 14.3. The molecule has 0 bridgehead atoms. The third kappa shape index (κ3) is 1.93. The molecule has 0 aliphatic heterocycles. The number of carboxylic acids is 1. The zero-order valence-electron chi connectivity index (χ0n) is 10.1. The minimum absolute atomic E-state index is 0.0456. The maximum atomic E-state index is 13.9. The van der Waals surface area contributed by atoms with E-state index >= 15 is 0 Å². The van der Waals surface area contributed by atoms with Crippen LogP contribution in [-0.2, 0) is 0 Å². The highest BCUT2D eigenvalue weighted by molar-refractivity contribution is 5.89. The molecule has 0 radical (unpaired) electrons. The number of furan rings is 1. The van der Waals surface area contributed by atoms with Crippen molar-refractivity contribution in [2.24, 2.45) is 0 Å². The van der Waals surface area contributed by atoms with Crippen molar-refractivity contribution >= 4 is 16.9 Å². The number of fused-ring (bicyclic) bond motifs is 1. The molecule has 0 aliphatic carbocycles. The van der Waals surface area contributed by atoms with Crippen LogP contribution in [0.3, 0.4) is 0 Å². The molecule has 0 fully saturated rings. The van der Waals surface area contributed by atoms with E-state index in [2.05, 4.69) is 0 Å².